The molecule has 0 saturated carbocycles. The molecule has 2 atom stereocenters. The van der Waals surface area contributed by atoms with Crippen LogP contribution < -0.4 is 5.73 Å². The van der Waals surface area contributed by atoms with E-state index in [9.17, 15) is 4.79 Å². The van der Waals surface area contributed by atoms with E-state index in [1.165, 1.54) is 0 Å². The molecular weight excluding hydrogens is 208 g/mol. The third-order valence-corrected chi connectivity index (χ3v) is 2.48. The fourth-order valence-corrected chi connectivity index (χ4v) is 1.71. The van der Waals surface area contributed by atoms with Gasteiger partial charge < -0.3 is 20.1 Å². The number of hydrogen-bond donors (Lipinski definition) is 1. The summed E-state index contributed by atoms with van der Waals surface area (Å²) in [6.07, 6.45) is 0.0739. The largest absolute Gasteiger partial charge is 0.370 e. The number of rotatable bonds is 4. The summed E-state index contributed by atoms with van der Waals surface area (Å²) in [5.41, 5.74) is 5.56. The van der Waals surface area contributed by atoms with Gasteiger partial charge in [0.25, 0.3) is 0 Å². The Morgan fingerprint density at radius 3 is 2.81 bits per heavy atom. The van der Waals surface area contributed by atoms with Crippen LogP contribution in [0.15, 0.2) is 0 Å². The van der Waals surface area contributed by atoms with Gasteiger partial charge in [-0.3, -0.25) is 4.79 Å². The van der Waals surface area contributed by atoms with E-state index in [1.807, 2.05) is 20.8 Å². The number of morpholine rings is 1. The summed E-state index contributed by atoms with van der Waals surface area (Å²) in [7, 11) is 0. The first-order chi connectivity index (χ1) is 7.52. The van der Waals surface area contributed by atoms with E-state index in [2.05, 4.69) is 0 Å². The van der Waals surface area contributed by atoms with E-state index in [0.717, 1.165) is 0 Å². The second kappa shape index (κ2) is 6.18. The minimum atomic E-state index is -0.0493. The number of nitrogens with two attached hydrogens (primary N) is 1. The molecule has 94 valence electrons. The van der Waals surface area contributed by atoms with Gasteiger partial charge in [-0.2, -0.15) is 0 Å². The molecule has 5 nitrogen and oxygen atoms in total. The molecule has 1 aliphatic rings. The quantitative estimate of drug-likeness (QED) is 0.737. The topological polar surface area (TPSA) is 64.8 Å². The normalized spacial score (nSPS) is 26.2. The summed E-state index contributed by atoms with van der Waals surface area (Å²) >= 11 is 0. The van der Waals surface area contributed by atoms with Crippen LogP contribution in [0.3, 0.4) is 0 Å². The Hall–Kier alpha value is -0.650. The van der Waals surface area contributed by atoms with Crippen LogP contribution in [0.2, 0.25) is 0 Å². The molecule has 1 fully saturated rings. The third-order valence-electron chi connectivity index (χ3n) is 2.48. The molecule has 2 N–H and O–H groups in total. The molecule has 0 aromatic rings. The summed E-state index contributed by atoms with van der Waals surface area (Å²) in [6.45, 7) is 7.56. The zero-order valence-corrected chi connectivity index (χ0v) is 10.3. The Labute approximate surface area is 96.9 Å². The van der Waals surface area contributed by atoms with Crippen molar-refractivity contribution in [2.45, 2.75) is 39.1 Å². The summed E-state index contributed by atoms with van der Waals surface area (Å²) in [6, 6.07) is 0. The zero-order valence-electron chi connectivity index (χ0n) is 10.3. The van der Waals surface area contributed by atoms with E-state index >= 15 is 0 Å². The van der Waals surface area contributed by atoms with Crippen molar-refractivity contribution in [3.8, 4) is 0 Å². The van der Waals surface area contributed by atoms with Crippen molar-refractivity contribution in [3.63, 3.8) is 0 Å². The Bertz CT molecular complexity index is 233. The summed E-state index contributed by atoms with van der Waals surface area (Å²) in [5.74, 6) is 0.0160. The van der Waals surface area contributed by atoms with Gasteiger partial charge in [-0.1, -0.05) is 0 Å². The summed E-state index contributed by atoms with van der Waals surface area (Å²) in [5, 5.41) is 0. The highest BCUT2D eigenvalue weighted by Crippen LogP contribution is 2.10. The Morgan fingerprint density at radius 2 is 2.25 bits per heavy atom. The molecule has 2 unspecified atom stereocenters. The highest BCUT2D eigenvalue weighted by Gasteiger charge is 2.27. The number of carbonyl (C=O) groups is 1. The minimum absolute atomic E-state index is 0.0160. The van der Waals surface area contributed by atoms with Gasteiger partial charge in [-0.15, -0.1) is 0 Å². The molecule has 1 saturated heterocycles. The number of ether oxygens (including phenoxy) is 2. The highest BCUT2D eigenvalue weighted by molar-refractivity contribution is 5.77. The Morgan fingerprint density at radius 1 is 1.56 bits per heavy atom. The van der Waals surface area contributed by atoms with E-state index in [0.29, 0.717) is 19.6 Å². The average molecular weight is 230 g/mol. The lowest BCUT2D eigenvalue weighted by Gasteiger charge is -2.36. The lowest BCUT2D eigenvalue weighted by molar-refractivity contribution is -0.149. The van der Waals surface area contributed by atoms with Gasteiger partial charge in [0.2, 0.25) is 5.91 Å². The van der Waals surface area contributed by atoms with Gasteiger partial charge in [-0.25, -0.2) is 0 Å². The van der Waals surface area contributed by atoms with Crippen molar-refractivity contribution < 1.29 is 14.3 Å². The molecule has 5 heteroatoms. The van der Waals surface area contributed by atoms with Crippen molar-refractivity contribution in [1.29, 1.82) is 0 Å². The van der Waals surface area contributed by atoms with E-state index in [4.69, 9.17) is 15.2 Å². The van der Waals surface area contributed by atoms with Crippen LogP contribution in [0.1, 0.15) is 20.8 Å². The van der Waals surface area contributed by atoms with Crippen molar-refractivity contribution in [2.75, 3.05) is 26.2 Å². The van der Waals surface area contributed by atoms with Crippen molar-refractivity contribution in [3.05, 3.63) is 0 Å². The first-order valence-electron chi connectivity index (χ1n) is 5.77. The molecule has 0 spiro atoms. The average Bonchev–Trinajstić information content (AvgIpc) is 2.24. The Balaban J connectivity index is 2.42. The standard InChI is InChI=1S/C11H22N2O3/c1-8(2)15-7-11(14)13-5-9(3)16-10(4-12)6-13/h8-10H,4-7,12H2,1-3H3. The second-order valence-corrected chi connectivity index (χ2v) is 4.46. The fourth-order valence-electron chi connectivity index (χ4n) is 1.71. The van der Waals surface area contributed by atoms with Gasteiger partial charge >= 0.3 is 0 Å². The fraction of sp³-hybridized carbons (Fsp3) is 0.909. The van der Waals surface area contributed by atoms with E-state index < -0.39 is 0 Å². The predicted octanol–water partition coefficient (Wildman–Crippen LogP) is -0.0140. The van der Waals surface area contributed by atoms with E-state index in [-0.39, 0.29) is 30.8 Å². The Kier molecular flexibility index (Phi) is 5.18. The van der Waals surface area contributed by atoms with Crippen LogP contribution in [0, 0.1) is 0 Å². The van der Waals surface area contributed by atoms with Gasteiger partial charge in [0.05, 0.1) is 18.3 Å². The molecule has 0 radical (unpaired) electrons. The molecule has 0 bridgehead atoms. The first-order valence-corrected chi connectivity index (χ1v) is 5.77. The maximum Gasteiger partial charge on any atom is 0.248 e. The van der Waals surface area contributed by atoms with Gasteiger partial charge in [0, 0.05) is 19.6 Å². The second-order valence-electron chi connectivity index (χ2n) is 4.46. The molecule has 1 aliphatic heterocycles. The zero-order chi connectivity index (χ0) is 12.1. The van der Waals surface area contributed by atoms with Crippen molar-refractivity contribution >= 4 is 5.91 Å². The van der Waals surface area contributed by atoms with Crippen LogP contribution in [0.25, 0.3) is 0 Å². The number of amides is 1. The predicted molar refractivity (Wildman–Crippen MR) is 61.1 cm³/mol. The SMILES string of the molecule is CC(C)OCC(=O)N1CC(C)OC(CN)C1. The maximum atomic E-state index is 11.8. The van der Waals surface area contributed by atoms with Crippen molar-refractivity contribution in [2.24, 2.45) is 5.73 Å². The number of hydrogen-bond acceptors (Lipinski definition) is 4. The lowest BCUT2D eigenvalue weighted by atomic mass is 10.2. The molecule has 16 heavy (non-hydrogen) atoms. The van der Waals surface area contributed by atoms with Gasteiger partial charge in [0.15, 0.2) is 0 Å². The summed E-state index contributed by atoms with van der Waals surface area (Å²) in [4.78, 5) is 13.6. The summed E-state index contributed by atoms with van der Waals surface area (Å²) < 4.78 is 10.9. The van der Waals surface area contributed by atoms with Crippen LogP contribution >= 0.6 is 0 Å². The molecule has 1 amide bonds. The van der Waals surface area contributed by atoms with Crippen LogP contribution in [0.5, 0.6) is 0 Å². The molecule has 0 aromatic heterocycles. The van der Waals surface area contributed by atoms with Crippen LogP contribution in [-0.4, -0.2) is 55.4 Å². The van der Waals surface area contributed by atoms with Gasteiger partial charge in [0.1, 0.15) is 6.61 Å². The minimum Gasteiger partial charge on any atom is -0.370 e. The smallest absolute Gasteiger partial charge is 0.248 e. The lowest BCUT2D eigenvalue weighted by Crippen LogP contribution is -2.52. The van der Waals surface area contributed by atoms with Gasteiger partial charge in [-0.05, 0) is 20.8 Å². The molecule has 0 aromatic carbocycles. The molecular formula is C11H22N2O3. The third kappa shape index (κ3) is 4.08. The number of carbonyl (C=O) groups excluding carboxylic acids is 1. The van der Waals surface area contributed by atoms with Crippen LogP contribution in [0.4, 0.5) is 0 Å². The molecule has 0 aliphatic carbocycles. The van der Waals surface area contributed by atoms with E-state index in [1.54, 1.807) is 4.90 Å². The first kappa shape index (κ1) is 13.4. The molecule has 1 rings (SSSR count). The maximum absolute atomic E-state index is 11.8. The van der Waals surface area contributed by atoms with Crippen molar-refractivity contribution in [1.82, 2.24) is 4.90 Å². The monoisotopic (exact) mass is 230 g/mol. The van der Waals surface area contributed by atoms with Crippen LogP contribution in [-0.2, 0) is 14.3 Å². The molecule has 1 heterocycles. The number of nitrogens with zero attached hydrogens (tertiary/aromatic N) is 1. The highest BCUT2D eigenvalue weighted by atomic mass is 16.5.